The van der Waals surface area contributed by atoms with Crippen LogP contribution in [-0.2, 0) is 0 Å². The van der Waals surface area contributed by atoms with Crippen molar-refractivity contribution >= 4 is 33.3 Å². The summed E-state index contributed by atoms with van der Waals surface area (Å²) in [7, 11) is 0. The van der Waals surface area contributed by atoms with Crippen LogP contribution < -0.4 is 5.73 Å². The average Bonchev–Trinajstić information content (AvgIpc) is 2.56. The molecule has 1 aromatic heterocycles. The van der Waals surface area contributed by atoms with Gasteiger partial charge in [0.05, 0.1) is 5.69 Å². The number of rotatable bonds is 2. The van der Waals surface area contributed by atoms with Gasteiger partial charge in [-0.15, -0.1) is 0 Å². The Morgan fingerprint density at radius 1 is 1.12 bits per heavy atom. The Morgan fingerprint density at radius 2 is 1.83 bits per heavy atom. The van der Waals surface area contributed by atoms with Gasteiger partial charge in [-0.2, -0.15) is 5.26 Å². The van der Waals surface area contributed by atoms with Gasteiger partial charge in [-0.05, 0) is 42.3 Å². The molecule has 3 aromatic rings. The Labute approximate surface area is 153 Å². The Kier molecular flexibility index (Phi) is 4.57. The third-order valence-electron chi connectivity index (χ3n) is 3.79. The third-order valence-corrected chi connectivity index (χ3v) is 4.52. The number of aromatic nitrogens is 1. The zero-order valence-electron chi connectivity index (χ0n) is 12.8. The number of nitrogens with two attached hydrogens (primary N) is 1. The Morgan fingerprint density at radius 3 is 2.50 bits per heavy atom. The van der Waals surface area contributed by atoms with Crippen LogP contribution in [0.4, 0.5) is 5.82 Å². The summed E-state index contributed by atoms with van der Waals surface area (Å²) < 4.78 is 0.933. The zero-order chi connectivity index (χ0) is 17.3. The van der Waals surface area contributed by atoms with E-state index in [9.17, 15) is 5.26 Å². The van der Waals surface area contributed by atoms with Crippen LogP contribution in [0.25, 0.3) is 22.4 Å². The standard InChI is InChI=1S/C19H13BrClN3/c1-11-17(12-4-2-6-14(20)8-12)16(10-22)19(23)24-18(11)13-5-3-7-15(21)9-13/h2-9H,1H3,(H2,23,24). The molecule has 24 heavy (non-hydrogen) atoms. The molecule has 0 aliphatic rings. The number of anilines is 1. The van der Waals surface area contributed by atoms with Gasteiger partial charge in [-0.1, -0.05) is 51.8 Å². The fourth-order valence-corrected chi connectivity index (χ4v) is 3.32. The molecule has 118 valence electrons. The van der Waals surface area contributed by atoms with Gasteiger partial charge in [0.1, 0.15) is 17.5 Å². The SMILES string of the molecule is Cc1c(-c2cccc(Cl)c2)nc(N)c(C#N)c1-c1cccc(Br)c1. The van der Waals surface area contributed by atoms with Crippen molar-refractivity contribution in [2.24, 2.45) is 0 Å². The van der Waals surface area contributed by atoms with E-state index in [4.69, 9.17) is 17.3 Å². The molecule has 0 bridgehead atoms. The summed E-state index contributed by atoms with van der Waals surface area (Å²) in [5, 5.41) is 10.2. The number of hydrogen-bond acceptors (Lipinski definition) is 3. The fraction of sp³-hybridized carbons (Fsp3) is 0.0526. The summed E-state index contributed by atoms with van der Waals surface area (Å²) in [6.45, 7) is 1.94. The van der Waals surface area contributed by atoms with Gasteiger partial charge in [0.2, 0.25) is 0 Å². The van der Waals surface area contributed by atoms with Gasteiger partial charge in [-0.25, -0.2) is 4.98 Å². The normalized spacial score (nSPS) is 10.4. The summed E-state index contributed by atoms with van der Waals surface area (Å²) in [5.41, 5.74) is 10.6. The molecular weight excluding hydrogens is 386 g/mol. The molecule has 0 aliphatic carbocycles. The number of pyridine rings is 1. The second-order valence-electron chi connectivity index (χ2n) is 5.35. The number of hydrogen-bond donors (Lipinski definition) is 1. The van der Waals surface area contributed by atoms with Gasteiger partial charge < -0.3 is 5.73 Å². The number of nitriles is 1. The summed E-state index contributed by atoms with van der Waals surface area (Å²) in [5.74, 6) is 0.216. The van der Waals surface area contributed by atoms with Crippen molar-refractivity contribution in [3.8, 4) is 28.5 Å². The molecule has 0 spiro atoms. The maximum Gasteiger partial charge on any atom is 0.142 e. The topological polar surface area (TPSA) is 62.7 Å². The second kappa shape index (κ2) is 6.64. The zero-order valence-corrected chi connectivity index (χ0v) is 15.2. The molecule has 1 heterocycles. The van der Waals surface area contributed by atoms with Crippen LogP contribution in [0.15, 0.2) is 53.0 Å². The predicted molar refractivity (Wildman–Crippen MR) is 102 cm³/mol. The van der Waals surface area contributed by atoms with Crippen LogP contribution >= 0.6 is 27.5 Å². The molecule has 0 atom stereocenters. The number of halogens is 2. The van der Waals surface area contributed by atoms with E-state index in [2.05, 4.69) is 27.0 Å². The maximum atomic E-state index is 9.56. The lowest BCUT2D eigenvalue weighted by atomic mass is 9.93. The third kappa shape index (κ3) is 3.01. The lowest BCUT2D eigenvalue weighted by molar-refractivity contribution is 1.26. The average molecular weight is 399 g/mol. The monoisotopic (exact) mass is 397 g/mol. The molecule has 0 aliphatic heterocycles. The van der Waals surface area contributed by atoms with Crippen LogP contribution in [0.1, 0.15) is 11.1 Å². The molecule has 0 saturated carbocycles. The number of nitrogen functional groups attached to an aromatic ring is 1. The maximum absolute atomic E-state index is 9.56. The van der Waals surface area contributed by atoms with Crippen molar-refractivity contribution in [2.45, 2.75) is 6.92 Å². The smallest absolute Gasteiger partial charge is 0.142 e. The minimum Gasteiger partial charge on any atom is -0.383 e. The minimum absolute atomic E-state index is 0.216. The highest BCUT2D eigenvalue weighted by molar-refractivity contribution is 9.10. The first-order valence-electron chi connectivity index (χ1n) is 7.23. The van der Waals surface area contributed by atoms with E-state index in [1.54, 1.807) is 0 Å². The van der Waals surface area contributed by atoms with Crippen molar-refractivity contribution in [2.75, 3.05) is 5.73 Å². The Balaban J connectivity index is 2.34. The molecular formula is C19H13BrClN3. The van der Waals surface area contributed by atoms with Gasteiger partial charge >= 0.3 is 0 Å². The largest absolute Gasteiger partial charge is 0.383 e. The first kappa shape index (κ1) is 16.5. The van der Waals surface area contributed by atoms with Crippen molar-refractivity contribution < 1.29 is 0 Å². The first-order valence-corrected chi connectivity index (χ1v) is 8.40. The molecule has 2 aromatic carbocycles. The Bertz CT molecular complexity index is 977. The molecule has 2 N–H and O–H groups in total. The number of nitrogens with zero attached hydrogens (tertiary/aromatic N) is 2. The van der Waals surface area contributed by atoms with Crippen molar-refractivity contribution in [1.29, 1.82) is 5.26 Å². The van der Waals surface area contributed by atoms with Crippen LogP contribution in [0.2, 0.25) is 5.02 Å². The van der Waals surface area contributed by atoms with E-state index in [0.717, 1.165) is 32.4 Å². The van der Waals surface area contributed by atoms with E-state index in [0.29, 0.717) is 10.6 Å². The van der Waals surface area contributed by atoms with Crippen LogP contribution in [0.5, 0.6) is 0 Å². The van der Waals surface area contributed by atoms with Crippen molar-refractivity contribution in [1.82, 2.24) is 4.98 Å². The minimum atomic E-state index is 0.216. The summed E-state index contributed by atoms with van der Waals surface area (Å²) in [6.07, 6.45) is 0. The Hall–Kier alpha value is -2.35. The van der Waals surface area contributed by atoms with Gasteiger partial charge in [0.15, 0.2) is 0 Å². The lowest BCUT2D eigenvalue weighted by Gasteiger charge is -2.15. The lowest BCUT2D eigenvalue weighted by Crippen LogP contribution is -2.03. The van der Waals surface area contributed by atoms with E-state index in [1.165, 1.54) is 0 Å². The molecule has 0 fully saturated rings. The van der Waals surface area contributed by atoms with Crippen molar-refractivity contribution in [3.05, 3.63) is 69.2 Å². The van der Waals surface area contributed by atoms with Gasteiger partial charge in [-0.3, -0.25) is 0 Å². The second-order valence-corrected chi connectivity index (χ2v) is 6.71. The highest BCUT2D eigenvalue weighted by atomic mass is 79.9. The van der Waals surface area contributed by atoms with E-state index >= 15 is 0 Å². The predicted octanol–water partition coefficient (Wildman–Crippen LogP) is 5.59. The van der Waals surface area contributed by atoms with Crippen LogP contribution in [0.3, 0.4) is 0 Å². The highest BCUT2D eigenvalue weighted by Crippen LogP contribution is 2.36. The van der Waals surface area contributed by atoms with Crippen molar-refractivity contribution in [3.63, 3.8) is 0 Å². The highest BCUT2D eigenvalue weighted by Gasteiger charge is 2.18. The fourth-order valence-electron chi connectivity index (χ4n) is 2.73. The summed E-state index contributed by atoms with van der Waals surface area (Å²) in [6, 6.07) is 17.4. The van der Waals surface area contributed by atoms with Gasteiger partial charge in [0.25, 0.3) is 0 Å². The quantitative estimate of drug-likeness (QED) is 0.611. The molecule has 3 rings (SSSR count). The molecule has 0 radical (unpaired) electrons. The van der Waals surface area contributed by atoms with Gasteiger partial charge in [0, 0.05) is 20.6 Å². The van der Waals surface area contributed by atoms with E-state index in [-0.39, 0.29) is 5.82 Å². The summed E-state index contributed by atoms with van der Waals surface area (Å²) in [4.78, 5) is 4.45. The van der Waals surface area contributed by atoms with Crippen LogP contribution in [0, 0.1) is 18.3 Å². The summed E-state index contributed by atoms with van der Waals surface area (Å²) >= 11 is 9.58. The van der Waals surface area contributed by atoms with E-state index < -0.39 is 0 Å². The molecule has 0 saturated heterocycles. The molecule has 5 heteroatoms. The molecule has 0 unspecified atom stereocenters. The first-order chi connectivity index (χ1) is 11.5. The molecule has 0 amide bonds. The molecule has 3 nitrogen and oxygen atoms in total. The van der Waals surface area contributed by atoms with E-state index in [1.807, 2.05) is 55.5 Å². The number of benzene rings is 2. The van der Waals surface area contributed by atoms with Crippen LogP contribution in [-0.4, -0.2) is 4.98 Å².